The molecule has 1 aromatic heterocycles. The number of halogens is 1. The maximum Gasteiger partial charge on any atom is 0.252 e. The van der Waals surface area contributed by atoms with Crippen molar-refractivity contribution in [3.05, 3.63) is 65.2 Å². The second-order valence-electron chi connectivity index (χ2n) is 4.44. The van der Waals surface area contributed by atoms with E-state index in [9.17, 15) is 9.18 Å². The predicted octanol–water partition coefficient (Wildman–Crippen LogP) is 3.02. The molecule has 98 valence electrons. The van der Waals surface area contributed by atoms with Crippen molar-refractivity contribution < 1.29 is 9.18 Å². The molecule has 2 aromatic rings. The van der Waals surface area contributed by atoms with Gasteiger partial charge in [0, 0.05) is 18.0 Å². The molecule has 0 spiro atoms. The van der Waals surface area contributed by atoms with Crippen LogP contribution in [-0.4, -0.2) is 10.9 Å². The third kappa shape index (κ3) is 3.16. The van der Waals surface area contributed by atoms with Crippen molar-refractivity contribution >= 4 is 5.91 Å². The predicted molar refractivity (Wildman–Crippen MR) is 71.3 cm³/mol. The van der Waals surface area contributed by atoms with Gasteiger partial charge in [-0.2, -0.15) is 0 Å². The van der Waals surface area contributed by atoms with Crippen molar-refractivity contribution in [1.82, 2.24) is 10.3 Å². The van der Waals surface area contributed by atoms with Gasteiger partial charge in [0.25, 0.3) is 5.91 Å². The molecule has 0 aliphatic rings. The van der Waals surface area contributed by atoms with E-state index in [1.54, 1.807) is 19.3 Å². The topological polar surface area (TPSA) is 42.0 Å². The lowest BCUT2D eigenvalue weighted by Gasteiger charge is -2.14. The molecule has 0 saturated carbocycles. The van der Waals surface area contributed by atoms with Crippen LogP contribution >= 0.6 is 0 Å². The first-order valence-corrected chi connectivity index (χ1v) is 6.05. The van der Waals surface area contributed by atoms with E-state index in [4.69, 9.17) is 0 Å². The van der Waals surface area contributed by atoms with Crippen molar-refractivity contribution in [3.63, 3.8) is 0 Å². The smallest absolute Gasteiger partial charge is 0.252 e. The van der Waals surface area contributed by atoms with Crippen molar-refractivity contribution in [2.45, 2.75) is 19.9 Å². The Labute approximate surface area is 111 Å². The molecule has 0 radical (unpaired) electrons. The molecule has 1 N–H and O–H groups in total. The molecule has 0 fully saturated rings. The van der Waals surface area contributed by atoms with Crippen LogP contribution in [0.5, 0.6) is 0 Å². The average Bonchev–Trinajstić information content (AvgIpc) is 2.39. The summed E-state index contributed by atoms with van der Waals surface area (Å²) in [5, 5.41) is 2.87. The third-order valence-electron chi connectivity index (χ3n) is 2.97. The summed E-state index contributed by atoms with van der Waals surface area (Å²) in [4.78, 5) is 16.1. The molecule has 0 aliphatic carbocycles. The van der Waals surface area contributed by atoms with Crippen LogP contribution in [0.15, 0.2) is 42.7 Å². The molecule has 19 heavy (non-hydrogen) atoms. The Balaban J connectivity index is 2.13. The van der Waals surface area contributed by atoms with E-state index >= 15 is 0 Å². The summed E-state index contributed by atoms with van der Waals surface area (Å²) in [7, 11) is 0. The summed E-state index contributed by atoms with van der Waals surface area (Å²) in [6, 6.07) is 7.71. The number of carbonyl (C=O) groups is 1. The first-order valence-electron chi connectivity index (χ1n) is 6.05. The van der Waals surface area contributed by atoms with Crippen molar-refractivity contribution in [2.75, 3.05) is 0 Å². The molecule has 1 amide bonds. The van der Waals surface area contributed by atoms with Crippen LogP contribution in [-0.2, 0) is 0 Å². The van der Waals surface area contributed by atoms with Gasteiger partial charge >= 0.3 is 0 Å². The Morgan fingerprint density at radius 2 is 2.16 bits per heavy atom. The number of nitrogens with one attached hydrogen (secondary N) is 1. The third-order valence-corrected chi connectivity index (χ3v) is 2.97. The summed E-state index contributed by atoms with van der Waals surface area (Å²) >= 11 is 0. The highest BCUT2D eigenvalue weighted by Gasteiger charge is 2.13. The van der Waals surface area contributed by atoms with Gasteiger partial charge in [0.2, 0.25) is 0 Å². The second-order valence-corrected chi connectivity index (χ2v) is 4.44. The quantitative estimate of drug-likeness (QED) is 0.919. The number of carbonyl (C=O) groups excluding carboxylic acids is 1. The van der Waals surface area contributed by atoms with Gasteiger partial charge in [-0.25, -0.2) is 4.39 Å². The molecule has 0 bridgehead atoms. The fraction of sp³-hybridized carbons (Fsp3) is 0.200. The summed E-state index contributed by atoms with van der Waals surface area (Å²) in [5.74, 6) is -0.553. The van der Waals surface area contributed by atoms with Crippen LogP contribution in [0.25, 0.3) is 0 Å². The minimum Gasteiger partial charge on any atom is -0.345 e. The maximum absolute atomic E-state index is 13.0. The molecule has 1 unspecified atom stereocenters. The minimum absolute atomic E-state index is 0.148. The van der Waals surface area contributed by atoms with Crippen LogP contribution < -0.4 is 5.32 Å². The number of pyridine rings is 1. The molecule has 2 rings (SSSR count). The summed E-state index contributed by atoms with van der Waals surface area (Å²) in [5.41, 5.74) is 2.03. The van der Waals surface area contributed by atoms with Crippen LogP contribution in [0.4, 0.5) is 4.39 Å². The molecule has 1 aromatic carbocycles. The van der Waals surface area contributed by atoms with Gasteiger partial charge in [0.05, 0.1) is 6.04 Å². The number of amides is 1. The molecular formula is C15H15FN2O. The van der Waals surface area contributed by atoms with Crippen LogP contribution in [0.3, 0.4) is 0 Å². The Bertz CT molecular complexity index is 584. The van der Waals surface area contributed by atoms with Gasteiger partial charge < -0.3 is 5.32 Å². The zero-order valence-electron chi connectivity index (χ0n) is 10.9. The van der Waals surface area contributed by atoms with E-state index in [-0.39, 0.29) is 17.8 Å². The normalized spacial score (nSPS) is 11.9. The molecule has 0 saturated heterocycles. The Morgan fingerprint density at radius 1 is 1.37 bits per heavy atom. The Morgan fingerprint density at radius 3 is 2.79 bits per heavy atom. The van der Waals surface area contributed by atoms with Crippen LogP contribution in [0.1, 0.15) is 34.5 Å². The molecule has 1 atom stereocenters. The monoisotopic (exact) mass is 258 g/mol. The zero-order chi connectivity index (χ0) is 13.8. The molecule has 4 heteroatoms. The highest BCUT2D eigenvalue weighted by molar-refractivity contribution is 5.95. The number of aromatic nitrogens is 1. The Hall–Kier alpha value is -2.23. The van der Waals surface area contributed by atoms with E-state index in [0.717, 1.165) is 5.56 Å². The SMILES string of the molecule is Cc1cc(F)ccc1C(=O)NC(C)c1cccnc1. The number of aryl methyl sites for hydroxylation is 1. The number of hydrogen-bond donors (Lipinski definition) is 1. The van der Waals surface area contributed by atoms with E-state index < -0.39 is 0 Å². The van der Waals surface area contributed by atoms with E-state index in [1.807, 2.05) is 19.1 Å². The zero-order valence-corrected chi connectivity index (χ0v) is 10.9. The molecule has 3 nitrogen and oxygen atoms in total. The van der Waals surface area contributed by atoms with E-state index in [1.165, 1.54) is 18.2 Å². The average molecular weight is 258 g/mol. The lowest BCUT2D eigenvalue weighted by atomic mass is 10.1. The highest BCUT2D eigenvalue weighted by Crippen LogP contribution is 2.14. The second kappa shape index (κ2) is 5.61. The molecule has 1 heterocycles. The van der Waals surface area contributed by atoms with Gasteiger partial charge in [-0.1, -0.05) is 6.07 Å². The fourth-order valence-corrected chi connectivity index (χ4v) is 1.87. The van der Waals surface area contributed by atoms with Crippen LogP contribution in [0, 0.1) is 12.7 Å². The number of benzene rings is 1. The van der Waals surface area contributed by atoms with E-state index in [2.05, 4.69) is 10.3 Å². The largest absolute Gasteiger partial charge is 0.345 e. The van der Waals surface area contributed by atoms with Gasteiger partial charge in [-0.15, -0.1) is 0 Å². The number of hydrogen-bond acceptors (Lipinski definition) is 2. The molecule has 0 aliphatic heterocycles. The minimum atomic E-state index is -0.339. The first kappa shape index (κ1) is 13.2. The number of rotatable bonds is 3. The molecular weight excluding hydrogens is 243 g/mol. The highest BCUT2D eigenvalue weighted by atomic mass is 19.1. The first-order chi connectivity index (χ1) is 9.08. The van der Waals surface area contributed by atoms with Crippen molar-refractivity contribution in [3.8, 4) is 0 Å². The lowest BCUT2D eigenvalue weighted by molar-refractivity contribution is 0.0939. The van der Waals surface area contributed by atoms with Gasteiger partial charge in [-0.05, 0) is 49.2 Å². The Kier molecular flexibility index (Phi) is 3.90. The standard InChI is InChI=1S/C15H15FN2O/c1-10-8-13(16)5-6-14(10)15(19)18-11(2)12-4-3-7-17-9-12/h3-9,11H,1-2H3,(H,18,19). The summed E-state index contributed by atoms with van der Waals surface area (Å²) in [6.07, 6.45) is 3.39. The van der Waals surface area contributed by atoms with Crippen molar-refractivity contribution in [2.24, 2.45) is 0 Å². The number of nitrogens with zero attached hydrogens (tertiary/aromatic N) is 1. The lowest BCUT2D eigenvalue weighted by Crippen LogP contribution is -2.27. The van der Waals surface area contributed by atoms with Gasteiger partial charge in [-0.3, -0.25) is 9.78 Å². The van der Waals surface area contributed by atoms with Gasteiger partial charge in [0.1, 0.15) is 5.82 Å². The van der Waals surface area contributed by atoms with E-state index in [0.29, 0.717) is 11.1 Å². The van der Waals surface area contributed by atoms with Crippen molar-refractivity contribution in [1.29, 1.82) is 0 Å². The fourth-order valence-electron chi connectivity index (χ4n) is 1.87. The summed E-state index contributed by atoms with van der Waals surface area (Å²) in [6.45, 7) is 3.60. The van der Waals surface area contributed by atoms with Gasteiger partial charge in [0.15, 0.2) is 0 Å². The van der Waals surface area contributed by atoms with Crippen LogP contribution in [0.2, 0.25) is 0 Å². The maximum atomic E-state index is 13.0. The summed E-state index contributed by atoms with van der Waals surface area (Å²) < 4.78 is 13.0.